The highest BCUT2D eigenvalue weighted by Gasteiger charge is 2.31. The van der Waals surface area contributed by atoms with Crippen LogP contribution >= 0.6 is 0 Å². The van der Waals surface area contributed by atoms with E-state index in [1.807, 2.05) is 23.1 Å². The number of aromatic nitrogens is 3. The molecule has 8 heteroatoms. The predicted octanol–water partition coefficient (Wildman–Crippen LogP) is 2.24. The zero-order valence-electron chi connectivity index (χ0n) is 18.7. The van der Waals surface area contributed by atoms with Gasteiger partial charge in [0.15, 0.2) is 0 Å². The summed E-state index contributed by atoms with van der Waals surface area (Å²) >= 11 is 0. The first kappa shape index (κ1) is 21.4. The number of benzene rings is 1. The third kappa shape index (κ3) is 4.42. The van der Waals surface area contributed by atoms with Crippen LogP contribution in [0.2, 0.25) is 0 Å². The molecule has 1 aliphatic carbocycles. The molecule has 1 amide bonds. The van der Waals surface area contributed by atoms with Gasteiger partial charge in [0.25, 0.3) is 5.56 Å². The van der Waals surface area contributed by atoms with Gasteiger partial charge in [0.2, 0.25) is 5.91 Å². The molecule has 0 radical (unpaired) electrons. The molecule has 1 saturated heterocycles. The van der Waals surface area contributed by atoms with Gasteiger partial charge >= 0.3 is 5.69 Å². The van der Waals surface area contributed by atoms with Gasteiger partial charge in [0.1, 0.15) is 5.82 Å². The number of hydrogen-bond donors (Lipinski definition) is 1. The van der Waals surface area contributed by atoms with Crippen molar-refractivity contribution < 1.29 is 4.79 Å². The van der Waals surface area contributed by atoms with Crippen LogP contribution in [0.5, 0.6) is 0 Å². The summed E-state index contributed by atoms with van der Waals surface area (Å²) in [4.78, 5) is 49.8. The normalized spacial score (nSPS) is 21.3. The summed E-state index contributed by atoms with van der Waals surface area (Å²) in [5, 5.41) is 0.533. The third-order valence-electron chi connectivity index (χ3n) is 7.09. The van der Waals surface area contributed by atoms with Crippen molar-refractivity contribution >= 4 is 22.6 Å². The number of amides is 1. The van der Waals surface area contributed by atoms with Crippen molar-refractivity contribution in [2.75, 3.05) is 31.1 Å². The van der Waals surface area contributed by atoms with Crippen molar-refractivity contribution in [3.63, 3.8) is 0 Å². The van der Waals surface area contributed by atoms with Gasteiger partial charge < -0.3 is 14.8 Å². The van der Waals surface area contributed by atoms with Gasteiger partial charge in [-0.05, 0) is 55.9 Å². The highest BCUT2D eigenvalue weighted by molar-refractivity contribution is 5.79. The number of carbonyl (C=O) groups is 1. The number of para-hydroxylation sites is 1. The molecule has 2 fully saturated rings. The number of carbonyl (C=O) groups excluding carboxylic acids is 1. The first-order chi connectivity index (χ1) is 16.1. The Hall–Kier alpha value is -3.42. The van der Waals surface area contributed by atoms with E-state index in [0.29, 0.717) is 17.4 Å². The van der Waals surface area contributed by atoms with Crippen LogP contribution in [0, 0.1) is 11.8 Å². The molecule has 33 heavy (non-hydrogen) atoms. The van der Waals surface area contributed by atoms with Gasteiger partial charge in [0.05, 0.1) is 10.9 Å². The summed E-state index contributed by atoms with van der Waals surface area (Å²) in [5.74, 6) is 1.48. The SMILES string of the molecule is O=C(C1CCC(Cn2c(=O)[nH]c3ccccc3c2=O)CC1)N1CCN(c2ccccn2)CC1. The van der Waals surface area contributed by atoms with Crippen LogP contribution in [0.1, 0.15) is 25.7 Å². The van der Waals surface area contributed by atoms with Gasteiger partial charge in [-0.3, -0.25) is 14.2 Å². The predicted molar refractivity (Wildman–Crippen MR) is 127 cm³/mol. The quantitative estimate of drug-likeness (QED) is 0.662. The Balaban J connectivity index is 1.16. The number of aromatic amines is 1. The summed E-state index contributed by atoms with van der Waals surface area (Å²) in [7, 11) is 0. The second-order valence-electron chi connectivity index (χ2n) is 9.11. The lowest BCUT2D eigenvalue weighted by molar-refractivity contribution is -0.137. The van der Waals surface area contributed by atoms with E-state index in [1.54, 1.807) is 30.5 Å². The fourth-order valence-corrected chi connectivity index (χ4v) is 5.17. The zero-order chi connectivity index (χ0) is 22.8. The van der Waals surface area contributed by atoms with Crippen molar-refractivity contribution in [2.45, 2.75) is 32.2 Å². The Kier molecular flexibility index (Phi) is 5.98. The average molecular weight is 448 g/mol. The molecule has 1 N–H and O–H groups in total. The smallest absolute Gasteiger partial charge is 0.328 e. The van der Waals surface area contributed by atoms with Crippen LogP contribution in [0.15, 0.2) is 58.3 Å². The molecule has 2 aromatic heterocycles. The molecule has 0 bridgehead atoms. The topological polar surface area (TPSA) is 91.3 Å². The summed E-state index contributed by atoms with van der Waals surface area (Å²) in [6, 6.07) is 13.0. The Bertz CT molecular complexity index is 1240. The molecule has 172 valence electrons. The van der Waals surface area contributed by atoms with Crippen molar-refractivity contribution in [1.29, 1.82) is 0 Å². The van der Waals surface area contributed by atoms with Crippen LogP contribution in [0.3, 0.4) is 0 Å². The van der Waals surface area contributed by atoms with Gasteiger partial charge in [-0.15, -0.1) is 0 Å². The zero-order valence-corrected chi connectivity index (χ0v) is 18.7. The molecular formula is C25H29N5O3. The van der Waals surface area contributed by atoms with Gasteiger partial charge in [-0.1, -0.05) is 18.2 Å². The number of hydrogen-bond acceptors (Lipinski definition) is 5. The number of rotatable bonds is 4. The second-order valence-corrected chi connectivity index (χ2v) is 9.11. The first-order valence-corrected chi connectivity index (χ1v) is 11.8. The fraction of sp³-hybridized carbons (Fsp3) is 0.440. The van der Waals surface area contributed by atoms with Crippen LogP contribution in [-0.2, 0) is 11.3 Å². The Morgan fingerprint density at radius 3 is 2.39 bits per heavy atom. The molecule has 1 aliphatic heterocycles. The van der Waals surface area contributed by atoms with E-state index in [9.17, 15) is 14.4 Å². The van der Waals surface area contributed by atoms with Crippen molar-refractivity contribution in [1.82, 2.24) is 19.4 Å². The Labute approximate surface area is 191 Å². The molecular weight excluding hydrogens is 418 g/mol. The molecule has 1 saturated carbocycles. The van der Waals surface area contributed by atoms with Crippen LogP contribution in [0.25, 0.3) is 10.9 Å². The summed E-state index contributed by atoms with van der Waals surface area (Å²) < 4.78 is 1.33. The lowest BCUT2D eigenvalue weighted by Crippen LogP contribution is -2.51. The number of pyridine rings is 1. The van der Waals surface area contributed by atoms with Crippen LogP contribution < -0.4 is 16.1 Å². The fourth-order valence-electron chi connectivity index (χ4n) is 5.17. The summed E-state index contributed by atoms with van der Waals surface area (Å²) in [6.07, 6.45) is 5.12. The highest BCUT2D eigenvalue weighted by Crippen LogP contribution is 2.31. The standard InChI is InChI=1S/C25H29N5O3/c31-23(29-15-13-28(14-16-29)22-7-3-4-12-26-22)19-10-8-18(9-11-19)17-30-24(32)20-5-1-2-6-21(20)27-25(30)33/h1-7,12,18-19H,8-11,13-17H2,(H,27,33). The number of H-pyrrole nitrogens is 1. The lowest BCUT2D eigenvalue weighted by Gasteiger charge is -2.38. The Morgan fingerprint density at radius 2 is 1.67 bits per heavy atom. The minimum Gasteiger partial charge on any atom is -0.353 e. The van der Waals surface area contributed by atoms with Crippen molar-refractivity contribution in [3.8, 4) is 0 Å². The third-order valence-corrected chi connectivity index (χ3v) is 7.09. The summed E-state index contributed by atoms with van der Waals surface area (Å²) in [5.41, 5.74) is -0.0257. The molecule has 0 spiro atoms. The number of nitrogens with zero attached hydrogens (tertiary/aromatic N) is 4. The average Bonchev–Trinajstić information content (AvgIpc) is 2.87. The number of anilines is 1. The van der Waals surface area contributed by atoms with E-state index >= 15 is 0 Å². The number of fused-ring (bicyclic) bond motifs is 1. The van der Waals surface area contributed by atoms with Crippen LogP contribution in [-0.4, -0.2) is 51.5 Å². The maximum atomic E-state index is 13.1. The molecule has 8 nitrogen and oxygen atoms in total. The maximum absolute atomic E-state index is 13.1. The minimum absolute atomic E-state index is 0.0364. The molecule has 3 heterocycles. The molecule has 1 aromatic carbocycles. The number of piperazine rings is 1. The van der Waals surface area contributed by atoms with E-state index in [0.717, 1.165) is 57.7 Å². The molecule has 5 rings (SSSR count). The number of nitrogens with one attached hydrogen (secondary N) is 1. The highest BCUT2D eigenvalue weighted by atomic mass is 16.2. The van der Waals surface area contributed by atoms with Crippen molar-refractivity contribution in [2.24, 2.45) is 11.8 Å². The molecule has 0 atom stereocenters. The summed E-state index contributed by atoms with van der Waals surface area (Å²) in [6.45, 7) is 3.44. The van der Waals surface area contributed by atoms with E-state index in [4.69, 9.17) is 0 Å². The minimum atomic E-state index is -0.359. The van der Waals surface area contributed by atoms with E-state index in [-0.39, 0.29) is 29.0 Å². The second kappa shape index (κ2) is 9.21. The lowest BCUT2D eigenvalue weighted by atomic mass is 9.81. The van der Waals surface area contributed by atoms with Gasteiger partial charge in [-0.25, -0.2) is 9.78 Å². The molecule has 0 unspecified atom stereocenters. The van der Waals surface area contributed by atoms with Gasteiger partial charge in [-0.2, -0.15) is 0 Å². The van der Waals surface area contributed by atoms with Crippen molar-refractivity contribution in [3.05, 3.63) is 69.5 Å². The Morgan fingerprint density at radius 1 is 0.939 bits per heavy atom. The van der Waals surface area contributed by atoms with Gasteiger partial charge in [0, 0.05) is 44.8 Å². The largest absolute Gasteiger partial charge is 0.353 e. The van der Waals surface area contributed by atoms with E-state index in [2.05, 4.69) is 14.9 Å². The van der Waals surface area contributed by atoms with Crippen LogP contribution in [0.4, 0.5) is 5.82 Å². The molecule has 3 aromatic rings. The molecule has 2 aliphatic rings. The van der Waals surface area contributed by atoms with E-state index < -0.39 is 0 Å². The van der Waals surface area contributed by atoms with E-state index in [1.165, 1.54) is 4.57 Å². The monoisotopic (exact) mass is 447 g/mol. The maximum Gasteiger partial charge on any atom is 0.328 e. The first-order valence-electron chi connectivity index (χ1n) is 11.8.